The van der Waals surface area contributed by atoms with Crippen LogP contribution in [-0.2, 0) is 10.0 Å². The van der Waals surface area contributed by atoms with Gasteiger partial charge in [0, 0.05) is 11.8 Å². The first-order valence-corrected chi connectivity index (χ1v) is 10.7. The van der Waals surface area contributed by atoms with Crippen LogP contribution in [0.15, 0.2) is 76.9 Å². The molecule has 2 aromatic carbocycles. The van der Waals surface area contributed by atoms with Gasteiger partial charge in [0.2, 0.25) is 0 Å². The molecule has 0 atom stereocenters. The van der Waals surface area contributed by atoms with Crippen LogP contribution in [0.1, 0.15) is 34.1 Å². The number of hydrogen-bond acceptors (Lipinski definition) is 5. The Kier molecular flexibility index (Phi) is 6.27. The molecule has 7 nitrogen and oxygen atoms in total. The summed E-state index contributed by atoms with van der Waals surface area (Å²) in [5, 5.41) is 4.04. The molecule has 0 fully saturated rings. The van der Waals surface area contributed by atoms with Gasteiger partial charge in [-0.1, -0.05) is 29.8 Å². The third-order valence-corrected chi connectivity index (χ3v) is 5.76. The molecule has 3 rings (SSSR count). The number of amides is 1. The number of anilines is 1. The van der Waals surface area contributed by atoms with Gasteiger partial charge >= 0.3 is 0 Å². The van der Waals surface area contributed by atoms with Gasteiger partial charge in [-0.15, -0.1) is 0 Å². The summed E-state index contributed by atoms with van der Waals surface area (Å²) in [6.07, 6.45) is 1.63. The minimum Gasteiger partial charge on any atom is -0.279 e. The zero-order valence-corrected chi connectivity index (χ0v) is 17.7. The van der Waals surface area contributed by atoms with Gasteiger partial charge in [-0.2, -0.15) is 5.10 Å². The number of nitrogens with one attached hydrogen (secondary N) is 2. The highest BCUT2D eigenvalue weighted by atomic mass is 32.2. The Bertz CT molecular complexity index is 1210. The van der Waals surface area contributed by atoms with E-state index in [0.717, 1.165) is 11.1 Å². The van der Waals surface area contributed by atoms with E-state index in [0.29, 0.717) is 17.1 Å². The molecule has 0 aliphatic carbocycles. The Balaban J connectivity index is 1.78. The van der Waals surface area contributed by atoms with Crippen molar-refractivity contribution in [1.29, 1.82) is 0 Å². The van der Waals surface area contributed by atoms with Crippen LogP contribution in [0.25, 0.3) is 0 Å². The lowest BCUT2D eigenvalue weighted by Crippen LogP contribution is -2.20. The van der Waals surface area contributed by atoms with E-state index in [1.165, 1.54) is 24.3 Å². The predicted octanol–water partition coefficient (Wildman–Crippen LogP) is 3.65. The standard InChI is InChI=1S/C22H22N4O3S/c1-15-10-11-20(16(2)13-15)26-30(28,29)19-8-6-7-18(14-19)22(27)25-24-17(3)21-9-4-5-12-23-21/h4-14,26H,1-3H3,(H,25,27). The lowest BCUT2D eigenvalue weighted by molar-refractivity contribution is 0.0954. The summed E-state index contributed by atoms with van der Waals surface area (Å²) < 4.78 is 28.1. The first-order valence-electron chi connectivity index (χ1n) is 9.22. The molecule has 0 bridgehead atoms. The van der Waals surface area contributed by atoms with E-state index in [1.807, 2.05) is 32.0 Å². The van der Waals surface area contributed by atoms with Gasteiger partial charge < -0.3 is 0 Å². The zero-order valence-electron chi connectivity index (χ0n) is 16.9. The Labute approximate surface area is 175 Å². The number of benzene rings is 2. The maximum Gasteiger partial charge on any atom is 0.271 e. The van der Waals surface area contributed by atoms with Crippen LogP contribution in [0.4, 0.5) is 5.69 Å². The van der Waals surface area contributed by atoms with Crippen molar-refractivity contribution < 1.29 is 13.2 Å². The normalized spacial score (nSPS) is 11.8. The van der Waals surface area contributed by atoms with Crippen molar-refractivity contribution in [2.75, 3.05) is 4.72 Å². The van der Waals surface area contributed by atoms with Crippen LogP contribution in [0.3, 0.4) is 0 Å². The van der Waals surface area contributed by atoms with Crippen molar-refractivity contribution >= 4 is 27.3 Å². The average Bonchev–Trinajstić information content (AvgIpc) is 2.74. The summed E-state index contributed by atoms with van der Waals surface area (Å²) >= 11 is 0. The third-order valence-electron chi connectivity index (χ3n) is 4.39. The number of aryl methyl sites for hydroxylation is 2. The fraction of sp³-hybridized carbons (Fsp3) is 0.136. The van der Waals surface area contributed by atoms with E-state index in [-0.39, 0.29) is 10.5 Å². The molecule has 154 valence electrons. The first kappa shape index (κ1) is 21.2. The minimum absolute atomic E-state index is 0.0134. The molecule has 1 aromatic heterocycles. The van der Waals surface area contributed by atoms with E-state index in [4.69, 9.17) is 0 Å². The third kappa shape index (κ3) is 5.09. The number of carbonyl (C=O) groups is 1. The van der Waals surface area contributed by atoms with Gasteiger partial charge in [-0.25, -0.2) is 13.8 Å². The highest BCUT2D eigenvalue weighted by Crippen LogP contribution is 2.21. The summed E-state index contributed by atoms with van der Waals surface area (Å²) in [6.45, 7) is 5.49. The van der Waals surface area contributed by atoms with Gasteiger partial charge in [0.05, 0.1) is 22.0 Å². The average molecular weight is 423 g/mol. The van der Waals surface area contributed by atoms with Crippen molar-refractivity contribution in [1.82, 2.24) is 10.4 Å². The number of hydrogen-bond donors (Lipinski definition) is 2. The smallest absolute Gasteiger partial charge is 0.271 e. The number of nitrogens with zero attached hydrogens (tertiary/aromatic N) is 2. The molecule has 0 saturated heterocycles. The predicted molar refractivity (Wildman–Crippen MR) is 117 cm³/mol. The van der Waals surface area contributed by atoms with E-state index >= 15 is 0 Å². The molecule has 1 heterocycles. The van der Waals surface area contributed by atoms with Crippen LogP contribution < -0.4 is 10.1 Å². The maximum atomic E-state index is 12.8. The fourth-order valence-corrected chi connectivity index (χ4v) is 3.95. The van der Waals surface area contributed by atoms with Gasteiger partial charge in [0.25, 0.3) is 15.9 Å². The number of sulfonamides is 1. The Morgan fingerprint density at radius 3 is 2.50 bits per heavy atom. The van der Waals surface area contributed by atoms with Gasteiger partial charge in [0.15, 0.2) is 0 Å². The second kappa shape index (κ2) is 8.87. The molecule has 2 N–H and O–H groups in total. The first-order chi connectivity index (χ1) is 14.3. The maximum absolute atomic E-state index is 12.8. The molecule has 0 aliphatic heterocycles. The SMILES string of the molecule is CC(=NNC(=O)c1cccc(S(=O)(=O)Nc2ccc(C)cc2C)c1)c1ccccn1. The Hall–Kier alpha value is -3.52. The van der Waals surface area contributed by atoms with Crippen LogP contribution in [0, 0.1) is 13.8 Å². The van der Waals surface area contributed by atoms with E-state index in [9.17, 15) is 13.2 Å². The molecular weight excluding hydrogens is 400 g/mol. The number of pyridine rings is 1. The number of rotatable bonds is 6. The van der Waals surface area contributed by atoms with Crippen molar-refractivity contribution in [3.63, 3.8) is 0 Å². The van der Waals surface area contributed by atoms with Gasteiger partial charge in [-0.3, -0.25) is 14.5 Å². The molecule has 0 spiro atoms. The van der Waals surface area contributed by atoms with Crippen LogP contribution in [-0.4, -0.2) is 25.0 Å². The number of hydrazone groups is 1. The number of aromatic nitrogens is 1. The van der Waals surface area contributed by atoms with Gasteiger partial charge in [-0.05, 0) is 62.7 Å². The van der Waals surface area contributed by atoms with Crippen molar-refractivity contribution in [2.45, 2.75) is 25.7 Å². The molecule has 0 unspecified atom stereocenters. The Morgan fingerprint density at radius 1 is 1.00 bits per heavy atom. The second-order valence-corrected chi connectivity index (χ2v) is 8.49. The molecule has 1 amide bonds. The quantitative estimate of drug-likeness (QED) is 0.468. The summed E-state index contributed by atoms with van der Waals surface area (Å²) in [6, 6.07) is 16.6. The lowest BCUT2D eigenvalue weighted by atomic mass is 10.1. The van der Waals surface area contributed by atoms with Gasteiger partial charge in [0.1, 0.15) is 0 Å². The minimum atomic E-state index is -3.85. The molecular formula is C22H22N4O3S. The number of carbonyl (C=O) groups excluding carboxylic acids is 1. The van der Waals surface area contributed by atoms with E-state index in [2.05, 4.69) is 20.2 Å². The van der Waals surface area contributed by atoms with E-state index < -0.39 is 15.9 Å². The Morgan fingerprint density at radius 2 is 1.80 bits per heavy atom. The highest BCUT2D eigenvalue weighted by Gasteiger charge is 2.17. The molecule has 0 saturated carbocycles. The largest absolute Gasteiger partial charge is 0.279 e. The topological polar surface area (TPSA) is 101 Å². The monoisotopic (exact) mass is 422 g/mol. The summed E-state index contributed by atoms with van der Waals surface area (Å²) in [7, 11) is -3.85. The highest BCUT2D eigenvalue weighted by molar-refractivity contribution is 7.92. The zero-order chi connectivity index (χ0) is 21.7. The van der Waals surface area contributed by atoms with Crippen molar-refractivity contribution in [2.24, 2.45) is 5.10 Å². The van der Waals surface area contributed by atoms with Crippen molar-refractivity contribution in [3.05, 3.63) is 89.2 Å². The van der Waals surface area contributed by atoms with Crippen LogP contribution in [0.5, 0.6) is 0 Å². The molecule has 3 aromatic rings. The summed E-state index contributed by atoms with van der Waals surface area (Å²) in [5.74, 6) is -0.520. The van der Waals surface area contributed by atoms with E-state index in [1.54, 1.807) is 31.3 Å². The molecule has 8 heteroatoms. The summed E-state index contributed by atoms with van der Waals surface area (Å²) in [5.41, 5.74) is 6.12. The van der Waals surface area contributed by atoms with Crippen LogP contribution >= 0.6 is 0 Å². The molecule has 0 aliphatic rings. The molecule has 30 heavy (non-hydrogen) atoms. The second-order valence-electron chi connectivity index (χ2n) is 6.80. The van der Waals surface area contributed by atoms with Crippen LogP contribution in [0.2, 0.25) is 0 Å². The molecule has 0 radical (unpaired) electrons. The summed E-state index contributed by atoms with van der Waals surface area (Å²) in [4.78, 5) is 16.6. The van der Waals surface area contributed by atoms with Crippen molar-refractivity contribution in [3.8, 4) is 0 Å². The lowest BCUT2D eigenvalue weighted by Gasteiger charge is -2.12. The fourth-order valence-electron chi connectivity index (χ4n) is 2.77.